The fraction of sp³-hybridized carbons (Fsp3) is 0.222. The van der Waals surface area contributed by atoms with Gasteiger partial charge in [0, 0.05) is 21.3 Å². The summed E-state index contributed by atoms with van der Waals surface area (Å²) in [5.41, 5.74) is 2.43. The normalized spacial score (nSPS) is 19.0. The molecule has 2 aromatic carbocycles. The standard InChI is InChI=1S/C18H17Cl2N3O3/c1-9-3-2-4-11(5-9)22-17(24)12-8-15(18(25)26)23(21)14-7-10(19)6-13(20)16(12)14/h2-7,12,15H,8,21H2,1H3,(H,22,24)(H,25,26)/t12-,15+/m0/s1. The highest BCUT2D eigenvalue weighted by molar-refractivity contribution is 6.36. The first-order chi connectivity index (χ1) is 12.3. The molecule has 0 saturated heterocycles. The Bertz CT molecular complexity index is 888. The van der Waals surface area contributed by atoms with Gasteiger partial charge in [0.1, 0.15) is 6.04 Å². The molecule has 26 heavy (non-hydrogen) atoms. The third-order valence-corrected chi connectivity index (χ3v) is 4.91. The highest BCUT2D eigenvalue weighted by atomic mass is 35.5. The summed E-state index contributed by atoms with van der Waals surface area (Å²) in [4.78, 5) is 24.5. The lowest BCUT2D eigenvalue weighted by molar-refractivity contribution is -0.139. The Labute approximate surface area is 160 Å². The zero-order chi connectivity index (χ0) is 19.0. The number of carbonyl (C=O) groups excluding carboxylic acids is 1. The molecule has 0 saturated carbocycles. The number of amides is 1. The maximum atomic E-state index is 12.9. The molecule has 2 aromatic rings. The van der Waals surface area contributed by atoms with Crippen LogP contribution in [0.4, 0.5) is 11.4 Å². The van der Waals surface area contributed by atoms with Crippen molar-refractivity contribution < 1.29 is 14.7 Å². The van der Waals surface area contributed by atoms with Gasteiger partial charge in [-0.15, -0.1) is 0 Å². The summed E-state index contributed by atoms with van der Waals surface area (Å²) in [6.07, 6.45) is -0.00215. The number of fused-ring (bicyclic) bond motifs is 1. The fourth-order valence-corrected chi connectivity index (χ4v) is 3.78. The van der Waals surface area contributed by atoms with Crippen LogP contribution in [0.2, 0.25) is 10.0 Å². The molecular weight excluding hydrogens is 377 g/mol. The van der Waals surface area contributed by atoms with Crippen molar-refractivity contribution in [1.29, 1.82) is 0 Å². The molecule has 1 amide bonds. The Morgan fingerprint density at radius 2 is 2.00 bits per heavy atom. The topological polar surface area (TPSA) is 95.7 Å². The Morgan fingerprint density at radius 1 is 1.27 bits per heavy atom. The van der Waals surface area contributed by atoms with Gasteiger partial charge in [0.15, 0.2) is 0 Å². The van der Waals surface area contributed by atoms with Gasteiger partial charge < -0.3 is 10.4 Å². The Morgan fingerprint density at radius 3 is 2.65 bits per heavy atom. The number of rotatable bonds is 3. The largest absolute Gasteiger partial charge is 0.480 e. The number of nitrogens with two attached hydrogens (primary N) is 1. The van der Waals surface area contributed by atoms with Crippen molar-refractivity contribution in [2.24, 2.45) is 5.84 Å². The molecule has 0 bridgehead atoms. The first-order valence-corrected chi connectivity index (χ1v) is 8.66. The van der Waals surface area contributed by atoms with Crippen molar-refractivity contribution in [1.82, 2.24) is 0 Å². The van der Waals surface area contributed by atoms with E-state index in [1.165, 1.54) is 12.1 Å². The highest BCUT2D eigenvalue weighted by Crippen LogP contribution is 2.43. The monoisotopic (exact) mass is 393 g/mol. The van der Waals surface area contributed by atoms with Crippen molar-refractivity contribution in [3.8, 4) is 0 Å². The third kappa shape index (κ3) is 3.49. The molecule has 3 rings (SSSR count). The first-order valence-electron chi connectivity index (χ1n) is 7.91. The van der Waals surface area contributed by atoms with Crippen molar-refractivity contribution in [3.05, 3.63) is 57.6 Å². The number of benzene rings is 2. The number of hydrogen-bond donors (Lipinski definition) is 3. The van der Waals surface area contributed by atoms with Crippen LogP contribution < -0.4 is 16.2 Å². The number of anilines is 2. The number of hydrazine groups is 1. The van der Waals surface area contributed by atoms with E-state index >= 15 is 0 Å². The van der Waals surface area contributed by atoms with Crippen LogP contribution in [-0.4, -0.2) is 23.0 Å². The lowest BCUT2D eigenvalue weighted by Gasteiger charge is -2.37. The second-order valence-electron chi connectivity index (χ2n) is 6.23. The minimum atomic E-state index is -1.12. The van der Waals surface area contributed by atoms with E-state index < -0.39 is 17.9 Å². The number of aliphatic carboxylic acids is 1. The van der Waals surface area contributed by atoms with E-state index in [1.54, 1.807) is 6.07 Å². The van der Waals surface area contributed by atoms with Crippen LogP contribution in [0.15, 0.2) is 36.4 Å². The molecule has 0 aliphatic carbocycles. The maximum absolute atomic E-state index is 12.9. The van der Waals surface area contributed by atoms with Crippen LogP contribution in [0.5, 0.6) is 0 Å². The predicted molar refractivity (Wildman–Crippen MR) is 102 cm³/mol. The van der Waals surface area contributed by atoms with E-state index in [9.17, 15) is 14.7 Å². The number of nitrogens with zero attached hydrogens (tertiary/aromatic N) is 1. The molecule has 6 nitrogen and oxygen atoms in total. The minimum Gasteiger partial charge on any atom is -0.480 e. The van der Waals surface area contributed by atoms with Gasteiger partial charge in [0.2, 0.25) is 5.91 Å². The molecule has 1 heterocycles. The molecule has 1 aliphatic heterocycles. The smallest absolute Gasteiger partial charge is 0.327 e. The number of carboxylic acid groups (broad SMARTS) is 1. The van der Waals surface area contributed by atoms with E-state index in [0.29, 0.717) is 22.0 Å². The molecule has 0 unspecified atom stereocenters. The zero-order valence-corrected chi connectivity index (χ0v) is 15.4. The number of nitrogens with one attached hydrogen (secondary N) is 1. The molecule has 2 atom stereocenters. The van der Waals surface area contributed by atoms with E-state index in [1.807, 2.05) is 25.1 Å². The van der Waals surface area contributed by atoms with Crippen LogP contribution in [0.1, 0.15) is 23.5 Å². The Kier molecular flexibility index (Phi) is 5.09. The second-order valence-corrected chi connectivity index (χ2v) is 7.07. The van der Waals surface area contributed by atoms with Crippen molar-refractivity contribution in [3.63, 3.8) is 0 Å². The molecule has 0 fully saturated rings. The summed E-state index contributed by atoms with van der Waals surface area (Å²) in [5.74, 6) is 3.73. The van der Waals surface area contributed by atoms with Crippen molar-refractivity contribution >= 4 is 46.5 Å². The summed E-state index contributed by atoms with van der Waals surface area (Å²) in [6.45, 7) is 1.91. The molecular formula is C18H17Cl2N3O3. The molecule has 1 aliphatic rings. The van der Waals surface area contributed by atoms with Gasteiger partial charge in [-0.05, 0) is 43.2 Å². The van der Waals surface area contributed by atoms with Gasteiger partial charge in [-0.3, -0.25) is 9.80 Å². The van der Waals surface area contributed by atoms with Gasteiger partial charge in [0.05, 0.1) is 11.6 Å². The number of carbonyl (C=O) groups is 2. The quantitative estimate of drug-likeness (QED) is 0.692. The number of carboxylic acids is 1. The average Bonchev–Trinajstić information content (AvgIpc) is 2.55. The lowest BCUT2D eigenvalue weighted by atomic mass is 9.85. The van der Waals surface area contributed by atoms with Crippen LogP contribution in [-0.2, 0) is 9.59 Å². The minimum absolute atomic E-state index is 0.00215. The number of aryl methyl sites for hydroxylation is 1. The summed E-state index contributed by atoms with van der Waals surface area (Å²) in [6, 6.07) is 9.31. The fourth-order valence-electron chi connectivity index (χ4n) is 3.16. The molecule has 8 heteroatoms. The Hall–Kier alpha value is -2.28. The van der Waals surface area contributed by atoms with Crippen LogP contribution in [0, 0.1) is 6.92 Å². The van der Waals surface area contributed by atoms with Gasteiger partial charge in [-0.2, -0.15) is 0 Å². The molecule has 4 N–H and O–H groups in total. The number of halogens is 2. The highest BCUT2D eigenvalue weighted by Gasteiger charge is 2.40. The predicted octanol–water partition coefficient (Wildman–Crippen LogP) is 3.56. The van der Waals surface area contributed by atoms with Gasteiger partial charge in [-0.1, -0.05) is 35.3 Å². The molecule has 0 aromatic heterocycles. The maximum Gasteiger partial charge on any atom is 0.327 e. The lowest BCUT2D eigenvalue weighted by Crippen LogP contribution is -2.51. The Balaban J connectivity index is 2.02. The van der Waals surface area contributed by atoms with Gasteiger partial charge in [0.25, 0.3) is 0 Å². The van der Waals surface area contributed by atoms with Crippen LogP contribution in [0.25, 0.3) is 0 Å². The van der Waals surface area contributed by atoms with Crippen LogP contribution >= 0.6 is 23.2 Å². The van der Waals surface area contributed by atoms with E-state index in [-0.39, 0.29) is 17.4 Å². The van der Waals surface area contributed by atoms with Crippen LogP contribution in [0.3, 0.4) is 0 Å². The SMILES string of the molecule is Cc1cccc(NC(=O)[C@H]2C[C@H](C(=O)O)N(N)c3cc(Cl)cc(Cl)c32)c1. The van der Waals surface area contributed by atoms with E-state index in [4.69, 9.17) is 29.0 Å². The summed E-state index contributed by atoms with van der Waals surface area (Å²) in [5, 5.41) is 14.0. The van der Waals surface area contributed by atoms with Gasteiger partial charge in [-0.25, -0.2) is 10.6 Å². The summed E-state index contributed by atoms with van der Waals surface area (Å²) < 4.78 is 0. The molecule has 136 valence electrons. The summed E-state index contributed by atoms with van der Waals surface area (Å²) in [7, 11) is 0. The molecule has 0 spiro atoms. The van der Waals surface area contributed by atoms with Crippen molar-refractivity contribution in [2.75, 3.05) is 10.3 Å². The van der Waals surface area contributed by atoms with E-state index in [0.717, 1.165) is 10.6 Å². The number of hydrogen-bond acceptors (Lipinski definition) is 4. The van der Waals surface area contributed by atoms with Gasteiger partial charge >= 0.3 is 5.97 Å². The molecule has 0 radical (unpaired) electrons. The zero-order valence-electron chi connectivity index (χ0n) is 13.9. The van der Waals surface area contributed by atoms with E-state index in [2.05, 4.69) is 5.32 Å². The average molecular weight is 394 g/mol. The first kappa shape index (κ1) is 18.5. The second kappa shape index (κ2) is 7.15. The van der Waals surface area contributed by atoms with Crippen molar-refractivity contribution in [2.45, 2.75) is 25.3 Å². The third-order valence-electron chi connectivity index (χ3n) is 4.38. The summed E-state index contributed by atoms with van der Waals surface area (Å²) >= 11 is 12.3.